The Morgan fingerprint density at radius 3 is 0.949 bits per heavy atom. The van der Waals surface area contributed by atoms with Crippen LogP contribution < -0.4 is 10.9 Å². The first kappa shape index (κ1) is 30.2. The molecule has 0 fully saturated rings. The minimum atomic E-state index is -4.65. The van der Waals surface area contributed by atoms with Crippen molar-refractivity contribution < 1.29 is 65.9 Å². The van der Waals surface area contributed by atoms with Gasteiger partial charge < -0.3 is 0 Å². The third kappa shape index (κ3) is 4.71. The van der Waals surface area contributed by atoms with Crippen molar-refractivity contribution in [1.29, 1.82) is 0 Å². The summed E-state index contributed by atoms with van der Waals surface area (Å²) >= 11 is 0. The van der Waals surface area contributed by atoms with Crippen molar-refractivity contribution in [3.05, 3.63) is 92.8 Å². The van der Waals surface area contributed by atoms with E-state index in [1.807, 2.05) is 0 Å². The Morgan fingerprint density at radius 2 is 0.667 bits per heavy atom. The van der Waals surface area contributed by atoms with Crippen LogP contribution in [0.2, 0.25) is 0 Å². The number of halogens is 15. The molecule has 0 unspecified atom stereocenters. The molecule has 0 heterocycles. The van der Waals surface area contributed by atoms with Crippen LogP contribution in [0.15, 0.2) is 0 Å². The fourth-order valence-corrected chi connectivity index (χ4v) is 4.62. The van der Waals surface area contributed by atoms with E-state index in [0.29, 0.717) is 0 Å². The van der Waals surface area contributed by atoms with Gasteiger partial charge in [-0.3, -0.25) is 0 Å². The summed E-state index contributed by atoms with van der Waals surface area (Å²) in [6, 6.07) is 0. The molecular formula is C23H11BF15-. The molecule has 0 N–H and O–H groups in total. The third-order valence-electron chi connectivity index (χ3n) is 6.41. The fourth-order valence-electron chi connectivity index (χ4n) is 4.62. The predicted octanol–water partition coefficient (Wildman–Crippen LogP) is 6.63. The van der Waals surface area contributed by atoms with Crippen LogP contribution in [0.1, 0.15) is 37.6 Å². The molecule has 0 aliphatic rings. The molecule has 0 nitrogen and oxygen atoms in total. The van der Waals surface area contributed by atoms with Gasteiger partial charge in [0, 0.05) is 0 Å². The van der Waals surface area contributed by atoms with E-state index in [0.717, 1.165) is 0 Å². The SMILES string of the molecule is CCCC[C@@H]([BH-](c1c(F)c(F)c(F)c(F)c1F)c1c(F)c(F)c(F)c(F)c1F)c1c(F)c(F)c(F)c(F)c1F. The largest absolute Gasteiger partial charge is 0.207 e. The molecule has 212 valence electrons. The second-order valence-electron chi connectivity index (χ2n) is 8.50. The summed E-state index contributed by atoms with van der Waals surface area (Å²) < 4.78 is 215. The number of hydrogen-bond donors (Lipinski definition) is 0. The van der Waals surface area contributed by atoms with Crippen LogP contribution in [0.3, 0.4) is 0 Å². The lowest BCUT2D eigenvalue weighted by Gasteiger charge is -2.36. The lowest BCUT2D eigenvalue weighted by Crippen LogP contribution is -2.55. The lowest BCUT2D eigenvalue weighted by atomic mass is 9.31. The molecule has 1 atom stereocenters. The Morgan fingerprint density at radius 1 is 0.410 bits per heavy atom. The smallest absolute Gasteiger partial charge is 0.200 e. The molecule has 0 spiro atoms. The zero-order chi connectivity index (χ0) is 29.7. The van der Waals surface area contributed by atoms with Crippen molar-refractivity contribution in [1.82, 2.24) is 0 Å². The normalized spacial score (nSPS) is 12.5. The first-order chi connectivity index (χ1) is 18.1. The van der Waals surface area contributed by atoms with E-state index in [1.165, 1.54) is 6.92 Å². The number of benzene rings is 3. The molecular weight excluding hydrogens is 572 g/mol. The molecule has 0 aromatic heterocycles. The summed E-state index contributed by atoms with van der Waals surface area (Å²) in [6.45, 7) is -3.32. The molecule has 0 bridgehead atoms. The molecule has 3 rings (SSSR count). The van der Waals surface area contributed by atoms with E-state index >= 15 is 0 Å². The van der Waals surface area contributed by atoms with Crippen molar-refractivity contribution in [3.63, 3.8) is 0 Å². The van der Waals surface area contributed by atoms with E-state index in [4.69, 9.17) is 0 Å². The summed E-state index contributed by atoms with van der Waals surface area (Å²) in [7, 11) is 0. The standard InChI is InChI=1S/C23H11BF15/c1-2-3-4-5(6-9(25)15(31)21(37)16(32)10(6)26)24(7-11(27)17(33)22(38)18(34)12(7)28)8-13(29)19(35)23(39)20(36)14(8)30/h5,24H,2-4H2,1H3/q-1/t5-/m1/s1. The number of hydrogen-bond acceptors (Lipinski definition) is 0. The highest BCUT2D eigenvalue weighted by atomic mass is 19.2. The summed E-state index contributed by atoms with van der Waals surface area (Å²) in [5.74, 6) is -44.6. The second-order valence-corrected chi connectivity index (χ2v) is 8.50. The van der Waals surface area contributed by atoms with Crippen LogP contribution in [0.4, 0.5) is 65.9 Å². The molecule has 3 aromatic carbocycles. The molecule has 0 saturated carbocycles. The quantitative estimate of drug-likeness (QED) is 0.127. The molecule has 0 aliphatic heterocycles. The van der Waals surface area contributed by atoms with Gasteiger partial charge in [-0.25, -0.2) is 65.9 Å². The van der Waals surface area contributed by atoms with Crippen molar-refractivity contribution >= 4 is 17.6 Å². The minimum Gasteiger partial charge on any atom is -0.207 e. The van der Waals surface area contributed by atoms with Crippen LogP contribution in [-0.4, -0.2) is 6.71 Å². The first-order valence-corrected chi connectivity index (χ1v) is 10.9. The zero-order valence-electron chi connectivity index (χ0n) is 19.1. The van der Waals surface area contributed by atoms with Gasteiger partial charge in [0.15, 0.2) is 58.2 Å². The Bertz CT molecular complexity index is 1310. The van der Waals surface area contributed by atoms with Crippen molar-refractivity contribution in [2.24, 2.45) is 0 Å². The number of rotatable bonds is 7. The maximum absolute atomic E-state index is 14.9. The summed E-state index contributed by atoms with van der Waals surface area (Å²) in [4.78, 5) is 0. The van der Waals surface area contributed by atoms with Gasteiger partial charge in [-0.2, -0.15) is 0 Å². The van der Waals surface area contributed by atoms with Gasteiger partial charge in [-0.15, -0.1) is 16.7 Å². The Labute approximate surface area is 209 Å². The third-order valence-corrected chi connectivity index (χ3v) is 6.41. The summed E-state index contributed by atoms with van der Waals surface area (Å²) in [5.41, 5.74) is -6.55. The molecule has 0 aliphatic carbocycles. The Hall–Kier alpha value is -3.33. The average molecular weight is 583 g/mol. The highest BCUT2D eigenvalue weighted by molar-refractivity contribution is 6.86. The molecule has 39 heavy (non-hydrogen) atoms. The van der Waals surface area contributed by atoms with E-state index < -0.39 is 129 Å². The summed E-state index contributed by atoms with van der Waals surface area (Å²) in [6.07, 6.45) is -1.52. The van der Waals surface area contributed by atoms with E-state index in [9.17, 15) is 65.9 Å². The Balaban J connectivity index is 2.64. The van der Waals surface area contributed by atoms with Gasteiger partial charge in [0.1, 0.15) is 23.3 Å². The second kappa shape index (κ2) is 11.0. The van der Waals surface area contributed by atoms with Crippen molar-refractivity contribution in [3.8, 4) is 0 Å². The van der Waals surface area contributed by atoms with Gasteiger partial charge in [0.05, 0.1) is 6.71 Å². The number of unbranched alkanes of at least 4 members (excludes halogenated alkanes) is 1. The average Bonchev–Trinajstić information content (AvgIpc) is 2.91. The van der Waals surface area contributed by atoms with Gasteiger partial charge in [-0.1, -0.05) is 26.2 Å². The maximum Gasteiger partial charge on any atom is 0.200 e. The van der Waals surface area contributed by atoms with Gasteiger partial charge in [-0.05, 0) is 5.56 Å². The van der Waals surface area contributed by atoms with Gasteiger partial charge >= 0.3 is 0 Å². The van der Waals surface area contributed by atoms with E-state index in [-0.39, 0.29) is 6.42 Å². The van der Waals surface area contributed by atoms with E-state index in [2.05, 4.69) is 0 Å². The molecule has 0 saturated heterocycles. The maximum atomic E-state index is 14.9. The zero-order valence-corrected chi connectivity index (χ0v) is 19.1. The van der Waals surface area contributed by atoms with Crippen LogP contribution >= 0.6 is 0 Å². The van der Waals surface area contributed by atoms with Crippen LogP contribution in [0, 0.1) is 87.3 Å². The topological polar surface area (TPSA) is 0 Å². The lowest BCUT2D eigenvalue weighted by molar-refractivity contribution is 0.367. The first-order valence-electron chi connectivity index (χ1n) is 10.9. The van der Waals surface area contributed by atoms with Gasteiger partial charge in [0.25, 0.3) is 0 Å². The minimum absolute atomic E-state index is 0.0632. The van der Waals surface area contributed by atoms with Gasteiger partial charge in [0.2, 0.25) is 5.82 Å². The fraction of sp³-hybridized carbons (Fsp3) is 0.217. The highest BCUT2D eigenvalue weighted by Gasteiger charge is 2.39. The Kier molecular flexibility index (Phi) is 8.56. The molecule has 16 heteroatoms. The predicted molar refractivity (Wildman–Crippen MR) is 107 cm³/mol. The van der Waals surface area contributed by atoms with Crippen LogP contribution in [0.25, 0.3) is 0 Å². The van der Waals surface area contributed by atoms with Crippen LogP contribution in [-0.2, 0) is 0 Å². The molecule has 3 aromatic rings. The monoisotopic (exact) mass is 583 g/mol. The van der Waals surface area contributed by atoms with Crippen LogP contribution in [0.5, 0.6) is 0 Å². The van der Waals surface area contributed by atoms with Crippen molar-refractivity contribution in [2.75, 3.05) is 0 Å². The molecule has 0 radical (unpaired) electrons. The highest BCUT2D eigenvalue weighted by Crippen LogP contribution is 2.35. The van der Waals surface area contributed by atoms with E-state index in [1.54, 1.807) is 0 Å². The van der Waals surface area contributed by atoms with Crippen molar-refractivity contribution in [2.45, 2.75) is 32.0 Å². The summed E-state index contributed by atoms with van der Waals surface area (Å²) in [5, 5.41) is 0. The molecule has 0 amide bonds.